The van der Waals surface area contributed by atoms with Gasteiger partial charge in [0, 0.05) is 19.2 Å². The molecule has 0 radical (unpaired) electrons. The van der Waals surface area contributed by atoms with Gasteiger partial charge < -0.3 is 19.4 Å². The van der Waals surface area contributed by atoms with Gasteiger partial charge in [0.1, 0.15) is 0 Å². The zero-order chi connectivity index (χ0) is 19.5. The van der Waals surface area contributed by atoms with Crippen LogP contribution in [0.2, 0.25) is 0 Å². The van der Waals surface area contributed by atoms with Crippen LogP contribution >= 0.6 is 11.8 Å². The SMILES string of the molecule is CC(Sc1nnc(-c2ccccc2)n1C)C(=O)NCc1ccc2c(c1)OCO2. The molecule has 1 atom stereocenters. The van der Waals surface area contributed by atoms with E-state index in [1.165, 1.54) is 11.8 Å². The van der Waals surface area contributed by atoms with E-state index in [4.69, 9.17) is 9.47 Å². The number of nitrogens with zero attached hydrogens (tertiary/aromatic N) is 3. The van der Waals surface area contributed by atoms with Crippen molar-refractivity contribution in [3.8, 4) is 22.9 Å². The van der Waals surface area contributed by atoms with Gasteiger partial charge in [0.2, 0.25) is 12.7 Å². The molecule has 2 aromatic carbocycles. The zero-order valence-corrected chi connectivity index (χ0v) is 16.4. The average Bonchev–Trinajstić information content (AvgIpc) is 3.33. The molecule has 0 aliphatic carbocycles. The van der Waals surface area contributed by atoms with Crippen molar-refractivity contribution in [2.75, 3.05) is 6.79 Å². The minimum Gasteiger partial charge on any atom is -0.454 e. The van der Waals surface area contributed by atoms with E-state index in [0.717, 1.165) is 22.7 Å². The molecule has 0 fully saturated rings. The number of rotatable bonds is 6. The van der Waals surface area contributed by atoms with Gasteiger partial charge in [-0.25, -0.2) is 0 Å². The van der Waals surface area contributed by atoms with Crippen LogP contribution in [0.5, 0.6) is 11.5 Å². The highest BCUT2D eigenvalue weighted by Crippen LogP contribution is 2.32. The number of thioether (sulfide) groups is 1. The number of carbonyl (C=O) groups excluding carboxylic acids is 1. The molecular formula is C20H20N4O3S. The van der Waals surface area contributed by atoms with Crippen molar-refractivity contribution in [2.45, 2.75) is 23.9 Å². The molecule has 1 aromatic heterocycles. The number of aromatic nitrogens is 3. The summed E-state index contributed by atoms with van der Waals surface area (Å²) in [5.41, 5.74) is 1.95. The Kier molecular flexibility index (Phi) is 5.21. The second-order valence-electron chi connectivity index (χ2n) is 6.40. The van der Waals surface area contributed by atoms with E-state index < -0.39 is 0 Å². The summed E-state index contributed by atoms with van der Waals surface area (Å²) in [5, 5.41) is 11.8. The third-order valence-corrected chi connectivity index (χ3v) is 5.56. The summed E-state index contributed by atoms with van der Waals surface area (Å²) in [5.74, 6) is 2.15. The van der Waals surface area contributed by atoms with E-state index in [1.54, 1.807) is 0 Å². The first kappa shape index (κ1) is 18.4. The van der Waals surface area contributed by atoms with E-state index in [-0.39, 0.29) is 18.0 Å². The van der Waals surface area contributed by atoms with Crippen LogP contribution in [-0.2, 0) is 18.4 Å². The quantitative estimate of drug-likeness (QED) is 0.646. The van der Waals surface area contributed by atoms with E-state index in [2.05, 4.69) is 15.5 Å². The number of carbonyl (C=O) groups is 1. The van der Waals surface area contributed by atoms with Crippen molar-refractivity contribution < 1.29 is 14.3 Å². The first-order valence-corrected chi connectivity index (χ1v) is 9.77. The van der Waals surface area contributed by atoms with Gasteiger partial charge >= 0.3 is 0 Å². The molecule has 8 heteroatoms. The van der Waals surface area contributed by atoms with Crippen molar-refractivity contribution in [1.82, 2.24) is 20.1 Å². The molecule has 0 saturated carbocycles. The van der Waals surface area contributed by atoms with Gasteiger partial charge in [-0.15, -0.1) is 10.2 Å². The molecule has 1 aliphatic rings. The Morgan fingerprint density at radius 1 is 1.18 bits per heavy atom. The summed E-state index contributed by atoms with van der Waals surface area (Å²) >= 11 is 1.38. The average molecular weight is 396 g/mol. The second-order valence-corrected chi connectivity index (χ2v) is 7.70. The van der Waals surface area contributed by atoms with Crippen LogP contribution in [0.3, 0.4) is 0 Å². The Balaban J connectivity index is 1.36. The smallest absolute Gasteiger partial charge is 0.233 e. The molecule has 144 valence electrons. The number of amides is 1. The minimum atomic E-state index is -0.305. The van der Waals surface area contributed by atoms with Crippen molar-refractivity contribution >= 4 is 17.7 Å². The first-order chi connectivity index (χ1) is 13.6. The summed E-state index contributed by atoms with van der Waals surface area (Å²) in [6.07, 6.45) is 0. The standard InChI is InChI=1S/C20H20N4O3S/c1-13(19(25)21-11-14-8-9-16-17(10-14)27-12-26-16)28-20-23-22-18(24(20)2)15-6-4-3-5-7-15/h3-10,13H,11-12H2,1-2H3,(H,21,25). The summed E-state index contributed by atoms with van der Waals surface area (Å²) in [6.45, 7) is 2.52. The van der Waals surface area contributed by atoms with Gasteiger partial charge in [-0.2, -0.15) is 0 Å². The summed E-state index contributed by atoms with van der Waals surface area (Å²) in [7, 11) is 1.90. The lowest BCUT2D eigenvalue weighted by Gasteiger charge is -2.12. The van der Waals surface area contributed by atoms with Gasteiger partial charge in [-0.05, 0) is 24.6 Å². The Morgan fingerprint density at radius 3 is 2.79 bits per heavy atom. The molecule has 0 bridgehead atoms. The Labute approximate surface area is 167 Å². The summed E-state index contributed by atoms with van der Waals surface area (Å²) in [6, 6.07) is 15.5. The third kappa shape index (κ3) is 3.82. The lowest BCUT2D eigenvalue weighted by molar-refractivity contribution is -0.120. The molecule has 1 amide bonds. The maximum absolute atomic E-state index is 12.5. The summed E-state index contributed by atoms with van der Waals surface area (Å²) in [4.78, 5) is 12.5. The molecule has 2 heterocycles. The summed E-state index contributed by atoms with van der Waals surface area (Å²) < 4.78 is 12.6. The van der Waals surface area contributed by atoms with E-state index in [0.29, 0.717) is 17.5 Å². The fourth-order valence-corrected chi connectivity index (χ4v) is 3.69. The van der Waals surface area contributed by atoms with Gasteiger partial charge in [0.25, 0.3) is 0 Å². The second kappa shape index (κ2) is 7.93. The topological polar surface area (TPSA) is 78.3 Å². The molecular weight excluding hydrogens is 376 g/mol. The van der Waals surface area contributed by atoms with Crippen LogP contribution in [0.4, 0.5) is 0 Å². The van der Waals surface area contributed by atoms with Crippen LogP contribution in [0.15, 0.2) is 53.7 Å². The van der Waals surface area contributed by atoms with Gasteiger partial charge in [0.15, 0.2) is 22.5 Å². The first-order valence-electron chi connectivity index (χ1n) is 8.89. The fraction of sp³-hybridized carbons (Fsp3) is 0.250. The van der Waals surface area contributed by atoms with Gasteiger partial charge in [-0.1, -0.05) is 48.2 Å². The molecule has 4 rings (SSSR count). The van der Waals surface area contributed by atoms with Crippen molar-refractivity contribution in [3.05, 3.63) is 54.1 Å². The van der Waals surface area contributed by atoms with Crippen molar-refractivity contribution in [2.24, 2.45) is 7.05 Å². The zero-order valence-electron chi connectivity index (χ0n) is 15.6. The highest BCUT2D eigenvalue weighted by molar-refractivity contribution is 8.00. The third-order valence-electron chi connectivity index (χ3n) is 4.42. The molecule has 1 N–H and O–H groups in total. The van der Waals surface area contributed by atoms with Gasteiger partial charge in [0.05, 0.1) is 5.25 Å². The minimum absolute atomic E-state index is 0.0630. The molecule has 28 heavy (non-hydrogen) atoms. The maximum atomic E-state index is 12.5. The lowest BCUT2D eigenvalue weighted by atomic mass is 10.2. The Morgan fingerprint density at radius 2 is 1.96 bits per heavy atom. The van der Waals surface area contributed by atoms with Crippen LogP contribution < -0.4 is 14.8 Å². The van der Waals surface area contributed by atoms with E-state index in [1.807, 2.05) is 67.1 Å². The normalized spacial score (nSPS) is 13.4. The van der Waals surface area contributed by atoms with Crippen LogP contribution in [0.1, 0.15) is 12.5 Å². The molecule has 7 nitrogen and oxygen atoms in total. The van der Waals surface area contributed by atoms with Gasteiger partial charge in [-0.3, -0.25) is 4.79 Å². The molecule has 1 aliphatic heterocycles. The van der Waals surface area contributed by atoms with Crippen LogP contribution in [-0.4, -0.2) is 32.7 Å². The maximum Gasteiger partial charge on any atom is 0.233 e. The number of fused-ring (bicyclic) bond motifs is 1. The molecule has 1 unspecified atom stereocenters. The molecule has 3 aromatic rings. The molecule has 0 spiro atoms. The largest absolute Gasteiger partial charge is 0.454 e. The highest BCUT2D eigenvalue weighted by Gasteiger charge is 2.20. The predicted molar refractivity (Wildman–Crippen MR) is 106 cm³/mol. The fourth-order valence-electron chi connectivity index (χ4n) is 2.85. The number of benzene rings is 2. The van der Waals surface area contributed by atoms with Crippen molar-refractivity contribution in [3.63, 3.8) is 0 Å². The van der Waals surface area contributed by atoms with Crippen LogP contribution in [0.25, 0.3) is 11.4 Å². The number of nitrogens with one attached hydrogen (secondary N) is 1. The number of hydrogen-bond donors (Lipinski definition) is 1. The highest BCUT2D eigenvalue weighted by atomic mass is 32.2. The number of ether oxygens (including phenoxy) is 2. The molecule has 0 saturated heterocycles. The van der Waals surface area contributed by atoms with E-state index >= 15 is 0 Å². The Hall–Kier alpha value is -3.00. The number of hydrogen-bond acceptors (Lipinski definition) is 6. The van der Waals surface area contributed by atoms with Crippen molar-refractivity contribution in [1.29, 1.82) is 0 Å². The van der Waals surface area contributed by atoms with Crippen LogP contribution in [0, 0.1) is 0 Å². The Bertz CT molecular complexity index is 990. The lowest BCUT2D eigenvalue weighted by Crippen LogP contribution is -2.30. The van der Waals surface area contributed by atoms with E-state index in [9.17, 15) is 4.79 Å². The monoisotopic (exact) mass is 396 g/mol. The predicted octanol–water partition coefficient (Wildman–Crippen LogP) is 3.01.